The minimum absolute atomic E-state index is 0.451. The Morgan fingerprint density at radius 1 is 1.10 bits per heavy atom. The predicted molar refractivity (Wildman–Crippen MR) is 77.6 cm³/mol. The van der Waals surface area contributed by atoms with Crippen molar-refractivity contribution in [3.63, 3.8) is 0 Å². The topological polar surface area (TPSA) is 12.0 Å². The first kappa shape index (κ1) is 14.9. The van der Waals surface area contributed by atoms with Crippen molar-refractivity contribution in [1.82, 2.24) is 0 Å². The third-order valence-electron chi connectivity index (χ3n) is 2.88. The van der Waals surface area contributed by atoms with E-state index in [1.165, 1.54) is 6.07 Å². The Balaban J connectivity index is 2.11. The molecule has 0 heterocycles. The number of hydrogen-bond acceptors (Lipinski definition) is 1. The average molecular weight is 344 g/mol. The van der Waals surface area contributed by atoms with Crippen LogP contribution in [0.25, 0.3) is 0 Å². The Kier molecular flexibility index (Phi) is 4.38. The molecule has 2 aromatic rings. The molecule has 2 rings (SSSR count). The Labute approximate surface area is 123 Å². The minimum Gasteiger partial charge on any atom is -0.381 e. The summed E-state index contributed by atoms with van der Waals surface area (Å²) in [6.07, 6.45) is -4.32. The highest BCUT2D eigenvalue weighted by molar-refractivity contribution is 9.10. The van der Waals surface area contributed by atoms with Crippen molar-refractivity contribution >= 4 is 21.6 Å². The van der Waals surface area contributed by atoms with Gasteiger partial charge in [0.15, 0.2) is 0 Å². The summed E-state index contributed by atoms with van der Waals surface area (Å²) in [6.45, 7) is 2.44. The van der Waals surface area contributed by atoms with Crippen LogP contribution < -0.4 is 5.32 Å². The van der Waals surface area contributed by atoms with Crippen molar-refractivity contribution in [3.8, 4) is 0 Å². The van der Waals surface area contributed by atoms with E-state index in [2.05, 4.69) is 21.2 Å². The van der Waals surface area contributed by atoms with Gasteiger partial charge in [0.2, 0.25) is 0 Å². The normalized spacial score (nSPS) is 11.4. The van der Waals surface area contributed by atoms with Crippen molar-refractivity contribution in [2.45, 2.75) is 19.6 Å². The molecular formula is C15H13BrF3N. The molecule has 5 heteroatoms. The van der Waals surface area contributed by atoms with Crippen LogP contribution in [0.1, 0.15) is 16.7 Å². The van der Waals surface area contributed by atoms with Crippen LogP contribution in [0.2, 0.25) is 0 Å². The van der Waals surface area contributed by atoms with Gasteiger partial charge in [-0.3, -0.25) is 0 Å². The molecule has 106 valence electrons. The van der Waals surface area contributed by atoms with Gasteiger partial charge in [-0.2, -0.15) is 13.2 Å². The van der Waals surface area contributed by atoms with Crippen LogP contribution in [-0.2, 0) is 12.7 Å². The molecule has 1 N–H and O–H groups in total. The van der Waals surface area contributed by atoms with Crippen molar-refractivity contribution in [3.05, 3.63) is 63.6 Å². The fourth-order valence-electron chi connectivity index (χ4n) is 1.80. The van der Waals surface area contributed by atoms with E-state index in [9.17, 15) is 13.2 Å². The number of rotatable bonds is 3. The largest absolute Gasteiger partial charge is 0.416 e. The Hall–Kier alpha value is -1.49. The maximum atomic E-state index is 12.6. The molecule has 0 spiro atoms. The highest BCUT2D eigenvalue weighted by Gasteiger charge is 2.30. The van der Waals surface area contributed by atoms with E-state index in [-0.39, 0.29) is 0 Å². The second-order valence-electron chi connectivity index (χ2n) is 4.53. The lowest BCUT2D eigenvalue weighted by Gasteiger charge is -2.11. The molecule has 0 radical (unpaired) electrons. The summed E-state index contributed by atoms with van der Waals surface area (Å²) in [7, 11) is 0. The monoisotopic (exact) mass is 343 g/mol. The molecule has 0 bridgehead atoms. The number of aryl methyl sites for hydroxylation is 1. The van der Waals surface area contributed by atoms with E-state index < -0.39 is 11.7 Å². The number of halogens is 4. The van der Waals surface area contributed by atoms with E-state index in [1.54, 1.807) is 6.07 Å². The first-order valence-corrected chi connectivity index (χ1v) is 6.82. The number of benzene rings is 2. The fourth-order valence-corrected chi connectivity index (χ4v) is 2.43. The molecule has 0 fully saturated rings. The summed E-state index contributed by atoms with van der Waals surface area (Å²) in [5.41, 5.74) is 1.92. The van der Waals surface area contributed by atoms with Gasteiger partial charge in [0.1, 0.15) is 0 Å². The number of anilines is 1. The van der Waals surface area contributed by atoms with Crippen LogP contribution in [-0.4, -0.2) is 0 Å². The zero-order valence-corrected chi connectivity index (χ0v) is 12.3. The second kappa shape index (κ2) is 5.87. The summed E-state index contributed by atoms with van der Waals surface area (Å²) in [5, 5.41) is 3.00. The number of hydrogen-bond donors (Lipinski definition) is 1. The van der Waals surface area contributed by atoms with Crippen LogP contribution in [0.4, 0.5) is 18.9 Å². The van der Waals surface area contributed by atoms with Crippen molar-refractivity contribution in [2.24, 2.45) is 0 Å². The molecule has 0 aromatic heterocycles. The summed E-state index contributed by atoms with van der Waals surface area (Å²) in [6, 6.07) is 11.1. The van der Waals surface area contributed by atoms with Gasteiger partial charge in [-0.1, -0.05) is 34.1 Å². The maximum absolute atomic E-state index is 12.6. The van der Waals surface area contributed by atoms with Gasteiger partial charge in [-0.25, -0.2) is 0 Å². The van der Waals surface area contributed by atoms with Gasteiger partial charge >= 0.3 is 6.18 Å². The van der Waals surface area contributed by atoms with E-state index in [4.69, 9.17) is 0 Å². The molecule has 0 aliphatic carbocycles. The van der Waals surface area contributed by atoms with E-state index in [0.29, 0.717) is 12.2 Å². The summed E-state index contributed by atoms with van der Waals surface area (Å²) in [5.74, 6) is 0. The first-order chi connectivity index (χ1) is 9.36. The number of alkyl halides is 3. The molecule has 0 aliphatic rings. The van der Waals surface area contributed by atoms with Gasteiger partial charge in [0.25, 0.3) is 0 Å². The third-order valence-corrected chi connectivity index (χ3v) is 3.62. The van der Waals surface area contributed by atoms with Crippen LogP contribution in [0, 0.1) is 6.92 Å². The highest BCUT2D eigenvalue weighted by atomic mass is 79.9. The molecule has 0 atom stereocenters. The zero-order valence-electron chi connectivity index (χ0n) is 10.8. The molecular weight excluding hydrogens is 331 g/mol. The van der Waals surface area contributed by atoms with Crippen LogP contribution in [0.15, 0.2) is 46.9 Å². The lowest BCUT2D eigenvalue weighted by atomic mass is 10.1. The van der Waals surface area contributed by atoms with Gasteiger partial charge < -0.3 is 5.32 Å². The molecule has 0 aliphatic heterocycles. The summed E-state index contributed by atoms with van der Waals surface area (Å²) < 4.78 is 38.8. The molecule has 0 saturated heterocycles. The van der Waals surface area contributed by atoms with Crippen molar-refractivity contribution in [1.29, 1.82) is 0 Å². The fraction of sp³-hybridized carbons (Fsp3) is 0.200. The van der Waals surface area contributed by atoms with Crippen molar-refractivity contribution in [2.75, 3.05) is 5.32 Å². The van der Waals surface area contributed by atoms with E-state index in [1.807, 2.05) is 25.1 Å². The summed E-state index contributed by atoms with van der Waals surface area (Å²) >= 11 is 3.45. The van der Waals surface area contributed by atoms with Crippen LogP contribution in [0.3, 0.4) is 0 Å². The molecule has 0 unspecified atom stereocenters. The summed E-state index contributed by atoms with van der Waals surface area (Å²) in [4.78, 5) is 0. The molecule has 20 heavy (non-hydrogen) atoms. The second-order valence-corrected chi connectivity index (χ2v) is 5.38. The van der Waals surface area contributed by atoms with Gasteiger partial charge in [-0.05, 0) is 42.3 Å². The quantitative estimate of drug-likeness (QED) is 0.787. The Bertz CT molecular complexity index is 608. The highest BCUT2D eigenvalue weighted by Crippen LogP contribution is 2.30. The smallest absolute Gasteiger partial charge is 0.381 e. The van der Waals surface area contributed by atoms with Crippen molar-refractivity contribution < 1.29 is 13.2 Å². The predicted octanol–water partition coefficient (Wildman–Crippen LogP) is 5.39. The molecule has 2 aromatic carbocycles. The lowest BCUT2D eigenvalue weighted by molar-refractivity contribution is -0.137. The van der Waals surface area contributed by atoms with Crippen LogP contribution >= 0.6 is 15.9 Å². The first-order valence-electron chi connectivity index (χ1n) is 6.02. The standard InChI is InChI=1S/C15H13BrF3N/c1-10-5-6-11(14(16)7-10)9-20-13-4-2-3-12(8-13)15(17,18)19/h2-8,20H,9H2,1H3. The minimum atomic E-state index is -4.32. The number of nitrogens with one attached hydrogen (secondary N) is 1. The molecule has 1 nitrogen and oxygen atoms in total. The molecule has 0 saturated carbocycles. The zero-order chi connectivity index (χ0) is 14.8. The van der Waals surface area contributed by atoms with Gasteiger partial charge in [0, 0.05) is 16.7 Å². The third kappa shape index (κ3) is 3.76. The Morgan fingerprint density at radius 3 is 2.50 bits per heavy atom. The van der Waals surface area contributed by atoms with E-state index in [0.717, 1.165) is 27.7 Å². The SMILES string of the molecule is Cc1ccc(CNc2cccc(C(F)(F)F)c2)c(Br)c1. The van der Waals surface area contributed by atoms with Gasteiger partial charge in [0.05, 0.1) is 5.56 Å². The van der Waals surface area contributed by atoms with Crippen LogP contribution in [0.5, 0.6) is 0 Å². The van der Waals surface area contributed by atoms with Gasteiger partial charge in [-0.15, -0.1) is 0 Å². The average Bonchev–Trinajstić information content (AvgIpc) is 2.37. The Morgan fingerprint density at radius 2 is 1.85 bits per heavy atom. The maximum Gasteiger partial charge on any atom is 0.416 e. The lowest BCUT2D eigenvalue weighted by Crippen LogP contribution is -2.06. The van der Waals surface area contributed by atoms with E-state index >= 15 is 0 Å². The molecule has 0 amide bonds.